The molecule has 27 heavy (non-hydrogen) atoms. The van der Waals surface area contributed by atoms with Crippen LogP contribution in [0.5, 0.6) is 0 Å². The number of halogens is 1. The molecule has 0 saturated carbocycles. The van der Waals surface area contributed by atoms with Crippen molar-refractivity contribution in [1.82, 2.24) is 9.62 Å². The number of sulfonamides is 1. The highest BCUT2D eigenvalue weighted by atomic mass is 79.9. The van der Waals surface area contributed by atoms with E-state index in [-0.39, 0.29) is 23.8 Å². The number of hydrogen-bond acceptors (Lipinski definition) is 4. The topological polar surface area (TPSA) is 75.7 Å². The summed E-state index contributed by atoms with van der Waals surface area (Å²) in [6.45, 7) is 2.67. The van der Waals surface area contributed by atoms with E-state index in [1.165, 1.54) is 16.1 Å². The summed E-state index contributed by atoms with van der Waals surface area (Å²) < 4.78 is 31.6. The van der Waals surface area contributed by atoms with Gasteiger partial charge in [0.15, 0.2) is 0 Å². The molecule has 1 amide bonds. The van der Waals surface area contributed by atoms with E-state index in [0.717, 1.165) is 30.2 Å². The van der Waals surface area contributed by atoms with Crippen LogP contribution in [0, 0.1) is 5.92 Å². The normalized spacial score (nSPS) is 23.7. The molecule has 150 valence electrons. The number of nitrogens with zero attached hydrogens (tertiary/aromatic N) is 1. The average Bonchev–Trinajstić information content (AvgIpc) is 2.66. The lowest BCUT2D eigenvalue weighted by Crippen LogP contribution is -2.49. The molecule has 2 heterocycles. The lowest BCUT2D eigenvalue weighted by molar-refractivity contribution is -0.126. The molecule has 2 saturated heterocycles. The maximum Gasteiger partial charge on any atom is 0.224 e. The Kier molecular flexibility index (Phi) is 6.61. The van der Waals surface area contributed by atoms with E-state index in [9.17, 15) is 13.2 Å². The van der Waals surface area contributed by atoms with Gasteiger partial charge in [-0.1, -0.05) is 28.1 Å². The van der Waals surface area contributed by atoms with Crippen LogP contribution in [0.15, 0.2) is 28.7 Å². The predicted octanol–water partition coefficient (Wildman–Crippen LogP) is 2.29. The van der Waals surface area contributed by atoms with Crippen molar-refractivity contribution in [1.29, 1.82) is 0 Å². The first-order valence-electron chi connectivity index (χ1n) is 9.37. The van der Waals surface area contributed by atoms with E-state index in [1.54, 1.807) is 0 Å². The number of carbonyl (C=O) groups excluding carboxylic acids is 1. The third-order valence-corrected chi connectivity index (χ3v) is 7.47. The van der Waals surface area contributed by atoms with Crippen molar-refractivity contribution in [2.75, 3.05) is 39.1 Å². The van der Waals surface area contributed by atoms with E-state index < -0.39 is 10.0 Å². The Hall–Kier alpha value is -0.960. The quantitative estimate of drug-likeness (QED) is 0.733. The Morgan fingerprint density at radius 2 is 2.11 bits per heavy atom. The molecule has 8 heteroatoms. The van der Waals surface area contributed by atoms with Crippen LogP contribution >= 0.6 is 15.9 Å². The van der Waals surface area contributed by atoms with Gasteiger partial charge in [-0.3, -0.25) is 4.79 Å². The van der Waals surface area contributed by atoms with Gasteiger partial charge in [-0.2, -0.15) is 0 Å². The van der Waals surface area contributed by atoms with Crippen molar-refractivity contribution in [3.63, 3.8) is 0 Å². The first-order valence-corrected chi connectivity index (χ1v) is 12.0. The first-order chi connectivity index (χ1) is 12.8. The molecule has 0 aromatic heterocycles. The van der Waals surface area contributed by atoms with Gasteiger partial charge in [-0.05, 0) is 43.4 Å². The Morgan fingerprint density at radius 3 is 2.78 bits per heavy atom. The highest BCUT2D eigenvalue weighted by Gasteiger charge is 2.36. The fraction of sp³-hybridized carbons (Fsp3) is 0.632. The molecule has 0 spiro atoms. The van der Waals surface area contributed by atoms with E-state index in [0.29, 0.717) is 26.3 Å². The summed E-state index contributed by atoms with van der Waals surface area (Å²) in [6.07, 6.45) is 4.35. The maximum absolute atomic E-state index is 12.8. The summed E-state index contributed by atoms with van der Waals surface area (Å²) in [5.41, 5.74) is 1.05. The molecule has 6 nitrogen and oxygen atoms in total. The SMILES string of the molecule is CS(=O)(=O)N1CCCC(C(=O)NCC2(c3cccc(Br)c3)CCOCC2)C1. The lowest BCUT2D eigenvalue weighted by Gasteiger charge is -2.39. The van der Waals surface area contributed by atoms with Gasteiger partial charge in [0.2, 0.25) is 15.9 Å². The number of benzene rings is 1. The van der Waals surface area contributed by atoms with Gasteiger partial charge in [0.05, 0.1) is 12.2 Å². The number of nitrogens with one attached hydrogen (secondary N) is 1. The van der Waals surface area contributed by atoms with Gasteiger partial charge in [0, 0.05) is 42.7 Å². The van der Waals surface area contributed by atoms with Crippen molar-refractivity contribution >= 4 is 31.9 Å². The third-order valence-electron chi connectivity index (χ3n) is 5.71. The molecule has 2 aliphatic heterocycles. The molecule has 3 rings (SSSR count). The zero-order valence-electron chi connectivity index (χ0n) is 15.6. The average molecular weight is 459 g/mol. The van der Waals surface area contributed by atoms with Crippen molar-refractivity contribution in [2.24, 2.45) is 5.92 Å². The van der Waals surface area contributed by atoms with Gasteiger partial charge < -0.3 is 10.1 Å². The Labute approximate surface area is 169 Å². The fourth-order valence-corrected chi connectivity index (χ4v) is 5.32. The number of carbonyl (C=O) groups is 1. The highest BCUT2D eigenvalue weighted by molar-refractivity contribution is 9.10. The fourth-order valence-electron chi connectivity index (χ4n) is 4.01. The van der Waals surface area contributed by atoms with Crippen LogP contribution in [0.25, 0.3) is 0 Å². The molecule has 2 fully saturated rings. The second kappa shape index (κ2) is 8.59. The molecule has 1 atom stereocenters. The minimum atomic E-state index is -3.26. The van der Waals surface area contributed by atoms with Crippen molar-refractivity contribution in [3.05, 3.63) is 34.3 Å². The van der Waals surface area contributed by atoms with Gasteiger partial charge in [0.1, 0.15) is 0 Å². The summed E-state index contributed by atoms with van der Waals surface area (Å²) in [5, 5.41) is 3.12. The molecule has 1 aromatic carbocycles. The van der Waals surface area contributed by atoms with Gasteiger partial charge in [-0.25, -0.2) is 12.7 Å². The second-order valence-corrected chi connectivity index (χ2v) is 10.5. The van der Waals surface area contributed by atoms with Crippen LogP contribution in [0.2, 0.25) is 0 Å². The van der Waals surface area contributed by atoms with Gasteiger partial charge >= 0.3 is 0 Å². The maximum atomic E-state index is 12.8. The van der Waals surface area contributed by atoms with Crippen LogP contribution in [0.1, 0.15) is 31.2 Å². The van der Waals surface area contributed by atoms with E-state index in [4.69, 9.17) is 4.74 Å². The summed E-state index contributed by atoms with van der Waals surface area (Å²) in [7, 11) is -3.26. The molecule has 1 N–H and O–H groups in total. The number of ether oxygens (including phenoxy) is 1. The molecule has 2 aliphatic rings. The standard InChI is InChI=1S/C19H27BrN2O4S/c1-27(24,25)22-9-3-4-15(13-22)18(23)21-14-19(7-10-26-11-8-19)16-5-2-6-17(20)12-16/h2,5-6,12,15H,3-4,7-11,13-14H2,1H3,(H,21,23). The summed E-state index contributed by atoms with van der Waals surface area (Å²) >= 11 is 3.54. The second-order valence-electron chi connectivity index (χ2n) is 7.58. The summed E-state index contributed by atoms with van der Waals surface area (Å²) in [4.78, 5) is 12.8. The molecule has 0 aliphatic carbocycles. The summed E-state index contributed by atoms with van der Waals surface area (Å²) in [6, 6.07) is 8.23. The van der Waals surface area contributed by atoms with E-state index in [2.05, 4.69) is 33.4 Å². The van der Waals surface area contributed by atoms with E-state index in [1.807, 2.05) is 12.1 Å². The van der Waals surface area contributed by atoms with Crippen LogP contribution < -0.4 is 5.32 Å². The third kappa shape index (κ3) is 5.10. The molecular formula is C19H27BrN2O4S. The number of amides is 1. The smallest absolute Gasteiger partial charge is 0.224 e. The zero-order valence-corrected chi connectivity index (χ0v) is 18.0. The van der Waals surface area contributed by atoms with Gasteiger partial charge in [0.25, 0.3) is 0 Å². The first kappa shape index (κ1) is 20.8. The number of piperidine rings is 1. The lowest BCUT2D eigenvalue weighted by atomic mass is 9.74. The van der Waals surface area contributed by atoms with Crippen molar-refractivity contribution in [3.8, 4) is 0 Å². The van der Waals surface area contributed by atoms with Crippen LogP contribution in [-0.2, 0) is 25.0 Å². The molecule has 1 unspecified atom stereocenters. The minimum absolute atomic E-state index is 0.0517. The largest absolute Gasteiger partial charge is 0.381 e. The molecule has 0 bridgehead atoms. The molecular weight excluding hydrogens is 432 g/mol. The summed E-state index contributed by atoms with van der Waals surface area (Å²) in [5.74, 6) is -0.336. The van der Waals surface area contributed by atoms with E-state index >= 15 is 0 Å². The number of hydrogen-bond donors (Lipinski definition) is 1. The number of rotatable bonds is 5. The molecule has 1 aromatic rings. The van der Waals surface area contributed by atoms with Crippen molar-refractivity contribution < 1.29 is 17.9 Å². The van der Waals surface area contributed by atoms with Crippen molar-refractivity contribution in [2.45, 2.75) is 31.1 Å². The zero-order chi connectivity index (χ0) is 19.5. The predicted molar refractivity (Wildman–Crippen MR) is 108 cm³/mol. The Balaban J connectivity index is 1.69. The van der Waals surface area contributed by atoms with Gasteiger partial charge in [-0.15, -0.1) is 0 Å². The monoisotopic (exact) mass is 458 g/mol. The Morgan fingerprint density at radius 1 is 1.37 bits per heavy atom. The van der Waals surface area contributed by atoms with Crippen LogP contribution in [0.4, 0.5) is 0 Å². The minimum Gasteiger partial charge on any atom is -0.381 e. The highest BCUT2D eigenvalue weighted by Crippen LogP contribution is 2.35. The molecule has 0 radical (unpaired) electrons. The Bertz CT molecular complexity index is 778. The van der Waals surface area contributed by atoms with Crippen LogP contribution in [0.3, 0.4) is 0 Å². The van der Waals surface area contributed by atoms with Crippen LogP contribution in [-0.4, -0.2) is 57.7 Å².